The Labute approximate surface area is 141 Å². The van der Waals surface area contributed by atoms with Gasteiger partial charge in [-0.2, -0.15) is 0 Å². The Kier molecular flexibility index (Phi) is 5.02. The predicted octanol–water partition coefficient (Wildman–Crippen LogP) is 4.52. The third kappa shape index (κ3) is 3.82. The van der Waals surface area contributed by atoms with Crippen LogP contribution in [0.1, 0.15) is 17.0 Å². The van der Waals surface area contributed by atoms with Crippen molar-refractivity contribution in [3.63, 3.8) is 0 Å². The minimum absolute atomic E-state index is 0.166. The second kappa shape index (κ2) is 7.17. The summed E-state index contributed by atoms with van der Waals surface area (Å²) in [6.07, 6.45) is 1.37. The van der Waals surface area contributed by atoms with Gasteiger partial charge in [0.1, 0.15) is 5.01 Å². The molecule has 0 aliphatic heterocycles. The van der Waals surface area contributed by atoms with Crippen LogP contribution in [0.2, 0.25) is 0 Å². The molecule has 0 bridgehead atoms. The van der Waals surface area contributed by atoms with Crippen LogP contribution in [0.4, 0.5) is 0 Å². The quantitative estimate of drug-likeness (QED) is 0.656. The summed E-state index contributed by atoms with van der Waals surface area (Å²) in [6, 6.07) is 8.20. The molecule has 3 nitrogen and oxygen atoms in total. The second-order valence-electron chi connectivity index (χ2n) is 4.95. The summed E-state index contributed by atoms with van der Waals surface area (Å²) in [5, 5.41) is 7.17. The van der Waals surface area contributed by atoms with E-state index in [2.05, 4.69) is 22.5 Å². The zero-order chi connectivity index (χ0) is 15.4. The zero-order valence-electron chi connectivity index (χ0n) is 12.2. The molecule has 1 amide bonds. The van der Waals surface area contributed by atoms with Gasteiger partial charge in [0.2, 0.25) is 5.91 Å². The van der Waals surface area contributed by atoms with Crippen LogP contribution in [0.3, 0.4) is 0 Å². The highest BCUT2D eigenvalue weighted by atomic mass is 32.1. The Hall–Kier alpha value is -1.50. The summed E-state index contributed by atoms with van der Waals surface area (Å²) in [7, 11) is 1.85. The first-order valence-electron chi connectivity index (χ1n) is 6.97. The van der Waals surface area contributed by atoms with E-state index < -0.39 is 0 Å². The van der Waals surface area contributed by atoms with Crippen molar-refractivity contribution in [3.8, 4) is 9.88 Å². The Morgan fingerprint density at radius 3 is 2.73 bits per heavy atom. The molecule has 0 radical (unpaired) electrons. The van der Waals surface area contributed by atoms with Crippen molar-refractivity contribution in [2.75, 3.05) is 7.05 Å². The van der Waals surface area contributed by atoms with Gasteiger partial charge in [-0.25, -0.2) is 4.98 Å². The molecule has 0 spiro atoms. The maximum absolute atomic E-state index is 12.2. The molecular weight excluding hydrogens is 332 g/mol. The fourth-order valence-electron chi connectivity index (χ4n) is 2.10. The van der Waals surface area contributed by atoms with Gasteiger partial charge in [-0.1, -0.05) is 12.1 Å². The lowest BCUT2D eigenvalue weighted by Gasteiger charge is -2.15. The van der Waals surface area contributed by atoms with E-state index >= 15 is 0 Å². The third-order valence-electron chi connectivity index (χ3n) is 3.27. The zero-order valence-corrected chi connectivity index (χ0v) is 14.6. The highest BCUT2D eigenvalue weighted by molar-refractivity contribution is 7.20. The number of carbonyl (C=O) groups is 1. The summed E-state index contributed by atoms with van der Waals surface area (Å²) in [5.74, 6) is 0.166. The van der Waals surface area contributed by atoms with Gasteiger partial charge in [-0.15, -0.1) is 34.0 Å². The molecule has 0 fully saturated rings. The number of amides is 1. The number of rotatable bonds is 6. The van der Waals surface area contributed by atoms with E-state index in [-0.39, 0.29) is 5.91 Å². The van der Waals surface area contributed by atoms with Gasteiger partial charge in [-0.3, -0.25) is 4.79 Å². The average Bonchev–Trinajstić information content (AvgIpc) is 3.25. The monoisotopic (exact) mass is 348 g/mol. The van der Waals surface area contributed by atoms with Crippen molar-refractivity contribution in [1.82, 2.24) is 9.88 Å². The number of carbonyl (C=O) groups excluding carboxylic acids is 1. The summed E-state index contributed by atoms with van der Waals surface area (Å²) in [4.78, 5) is 21.0. The van der Waals surface area contributed by atoms with Gasteiger partial charge in [0, 0.05) is 23.7 Å². The molecule has 22 heavy (non-hydrogen) atoms. The highest BCUT2D eigenvalue weighted by Crippen LogP contribution is 2.28. The van der Waals surface area contributed by atoms with E-state index in [0.29, 0.717) is 13.0 Å². The molecule has 3 aromatic rings. The van der Waals surface area contributed by atoms with E-state index in [9.17, 15) is 4.79 Å². The van der Waals surface area contributed by atoms with Gasteiger partial charge < -0.3 is 4.90 Å². The number of aryl methyl sites for hydroxylation is 1. The smallest absolute Gasteiger partial charge is 0.223 e. The van der Waals surface area contributed by atoms with Gasteiger partial charge >= 0.3 is 0 Å². The first kappa shape index (κ1) is 15.4. The number of hydrogen-bond acceptors (Lipinski definition) is 5. The Morgan fingerprint density at radius 2 is 2.00 bits per heavy atom. The summed E-state index contributed by atoms with van der Waals surface area (Å²) in [5.41, 5.74) is 0.959. The van der Waals surface area contributed by atoms with E-state index in [1.165, 1.54) is 9.75 Å². The van der Waals surface area contributed by atoms with Gasteiger partial charge in [-0.05, 0) is 29.3 Å². The van der Waals surface area contributed by atoms with Gasteiger partial charge in [0.05, 0.1) is 17.1 Å². The van der Waals surface area contributed by atoms with E-state index in [0.717, 1.165) is 17.1 Å². The average molecular weight is 349 g/mol. The van der Waals surface area contributed by atoms with E-state index in [1.54, 1.807) is 38.9 Å². The van der Waals surface area contributed by atoms with Crippen molar-refractivity contribution in [2.45, 2.75) is 19.4 Å². The van der Waals surface area contributed by atoms with E-state index in [1.807, 2.05) is 29.9 Å². The van der Waals surface area contributed by atoms with E-state index in [4.69, 9.17) is 0 Å². The SMILES string of the molecule is CN(Cc1csc(-c2cccs2)n1)C(=O)CCc1cccs1. The largest absolute Gasteiger partial charge is 0.340 e. The van der Waals surface area contributed by atoms with Crippen molar-refractivity contribution in [3.05, 3.63) is 51.0 Å². The van der Waals surface area contributed by atoms with Gasteiger partial charge in [0.25, 0.3) is 0 Å². The molecule has 0 unspecified atom stereocenters. The van der Waals surface area contributed by atoms with Crippen molar-refractivity contribution in [2.24, 2.45) is 0 Å². The first-order valence-corrected chi connectivity index (χ1v) is 9.61. The third-order valence-corrected chi connectivity index (χ3v) is 6.14. The fourth-order valence-corrected chi connectivity index (χ4v) is 4.43. The maximum atomic E-state index is 12.2. The molecule has 0 N–H and O–H groups in total. The number of nitrogens with zero attached hydrogens (tertiary/aromatic N) is 2. The predicted molar refractivity (Wildman–Crippen MR) is 94.5 cm³/mol. The highest BCUT2D eigenvalue weighted by Gasteiger charge is 2.12. The van der Waals surface area contributed by atoms with Crippen LogP contribution in [-0.2, 0) is 17.8 Å². The topological polar surface area (TPSA) is 33.2 Å². The summed E-state index contributed by atoms with van der Waals surface area (Å²) in [6.45, 7) is 0.575. The molecule has 0 aliphatic rings. The van der Waals surface area contributed by atoms with Crippen LogP contribution in [0, 0.1) is 0 Å². The summed E-state index contributed by atoms with van der Waals surface area (Å²) < 4.78 is 0. The lowest BCUT2D eigenvalue weighted by atomic mass is 10.2. The Bertz CT molecular complexity index is 717. The lowest BCUT2D eigenvalue weighted by Crippen LogP contribution is -2.26. The van der Waals surface area contributed by atoms with Crippen molar-refractivity contribution >= 4 is 39.9 Å². The summed E-state index contributed by atoms with van der Waals surface area (Å²) >= 11 is 5.03. The minimum Gasteiger partial charge on any atom is -0.340 e. The standard InChI is InChI=1S/C16H16N2OS3/c1-18(15(19)7-6-13-4-2-8-20-13)10-12-11-22-16(17-12)14-5-3-9-21-14/h2-5,8-9,11H,6-7,10H2,1H3. The van der Waals surface area contributed by atoms with Crippen LogP contribution >= 0.6 is 34.0 Å². The molecule has 6 heteroatoms. The molecule has 114 valence electrons. The molecule has 3 heterocycles. The molecule has 0 saturated carbocycles. The second-order valence-corrected chi connectivity index (χ2v) is 7.79. The molecule has 3 rings (SSSR count). The van der Waals surface area contributed by atoms with Crippen LogP contribution in [0.15, 0.2) is 40.4 Å². The Balaban J connectivity index is 1.54. The van der Waals surface area contributed by atoms with Gasteiger partial charge in [0.15, 0.2) is 0 Å². The number of thiophene rings is 2. The van der Waals surface area contributed by atoms with Crippen molar-refractivity contribution < 1.29 is 4.79 Å². The number of hydrogen-bond donors (Lipinski definition) is 0. The molecule has 0 aromatic carbocycles. The van der Waals surface area contributed by atoms with Crippen molar-refractivity contribution in [1.29, 1.82) is 0 Å². The normalized spacial score (nSPS) is 10.8. The molecule has 0 aliphatic carbocycles. The van der Waals surface area contributed by atoms with Crippen LogP contribution < -0.4 is 0 Å². The Morgan fingerprint density at radius 1 is 1.18 bits per heavy atom. The van der Waals surface area contributed by atoms with Crippen LogP contribution in [-0.4, -0.2) is 22.8 Å². The molecular formula is C16H16N2OS3. The molecule has 3 aromatic heterocycles. The lowest BCUT2D eigenvalue weighted by molar-refractivity contribution is -0.130. The maximum Gasteiger partial charge on any atom is 0.223 e. The molecule has 0 atom stereocenters. The fraction of sp³-hybridized carbons (Fsp3) is 0.250. The number of thiazole rings is 1. The molecule has 0 saturated heterocycles. The first-order chi connectivity index (χ1) is 10.7. The van der Waals surface area contributed by atoms with Crippen LogP contribution in [0.5, 0.6) is 0 Å². The minimum atomic E-state index is 0.166. The number of aromatic nitrogens is 1. The van der Waals surface area contributed by atoms with Crippen LogP contribution in [0.25, 0.3) is 9.88 Å².